The standard InChI is InChI=1S/C26H36N6O4/c1-5-11-27-25(33)28-20-8-6-19(7-9-20)23-29-22-10-12-31(26(34)36-17(2)3)15-21(22)24(30-23)32-13-14-35-16-18(32)4/h6-9,17-18H,5,10-16H2,1-4H3,(H2,27,28,33)/t18-/m0/s1. The zero-order valence-corrected chi connectivity index (χ0v) is 21.5. The number of nitrogens with one attached hydrogen (secondary N) is 2. The number of morpholine rings is 1. The van der Waals surface area contributed by atoms with Crippen molar-refractivity contribution in [2.75, 3.05) is 43.1 Å². The maximum absolute atomic E-state index is 12.6. The topological polar surface area (TPSA) is 109 Å². The Morgan fingerprint density at radius 3 is 2.67 bits per heavy atom. The summed E-state index contributed by atoms with van der Waals surface area (Å²) < 4.78 is 11.1. The predicted molar refractivity (Wildman–Crippen MR) is 138 cm³/mol. The number of carbonyl (C=O) groups excluding carboxylic acids is 2. The fraction of sp³-hybridized carbons (Fsp3) is 0.538. The highest BCUT2D eigenvalue weighted by Gasteiger charge is 2.31. The lowest BCUT2D eigenvalue weighted by atomic mass is 10.0. The quantitative estimate of drug-likeness (QED) is 0.626. The van der Waals surface area contributed by atoms with E-state index < -0.39 is 0 Å². The van der Waals surface area contributed by atoms with E-state index in [1.54, 1.807) is 4.90 Å². The van der Waals surface area contributed by atoms with Crippen LogP contribution in [-0.2, 0) is 22.4 Å². The van der Waals surface area contributed by atoms with Crippen molar-refractivity contribution < 1.29 is 19.1 Å². The van der Waals surface area contributed by atoms with Crippen LogP contribution in [0.15, 0.2) is 24.3 Å². The molecule has 0 unspecified atom stereocenters. The number of anilines is 2. The first-order chi connectivity index (χ1) is 17.4. The van der Waals surface area contributed by atoms with Crippen molar-refractivity contribution in [2.24, 2.45) is 0 Å². The zero-order chi connectivity index (χ0) is 25.7. The van der Waals surface area contributed by atoms with Gasteiger partial charge in [-0.1, -0.05) is 6.92 Å². The van der Waals surface area contributed by atoms with Crippen molar-refractivity contribution in [1.29, 1.82) is 0 Å². The van der Waals surface area contributed by atoms with E-state index in [0.717, 1.165) is 35.6 Å². The molecule has 0 aliphatic carbocycles. The average Bonchev–Trinajstić information content (AvgIpc) is 2.87. The third-order valence-electron chi connectivity index (χ3n) is 6.21. The van der Waals surface area contributed by atoms with E-state index in [1.165, 1.54) is 0 Å². The van der Waals surface area contributed by atoms with Crippen LogP contribution in [0.4, 0.5) is 21.1 Å². The number of urea groups is 1. The molecular weight excluding hydrogens is 460 g/mol. The van der Waals surface area contributed by atoms with E-state index in [0.29, 0.717) is 50.8 Å². The number of carbonyl (C=O) groups is 2. The first-order valence-corrected chi connectivity index (χ1v) is 12.7. The molecule has 3 heterocycles. The van der Waals surface area contributed by atoms with Crippen molar-refractivity contribution in [3.05, 3.63) is 35.5 Å². The van der Waals surface area contributed by atoms with E-state index in [2.05, 4.69) is 22.5 Å². The van der Waals surface area contributed by atoms with Crippen molar-refractivity contribution in [3.63, 3.8) is 0 Å². The Hall–Kier alpha value is -3.40. The molecule has 36 heavy (non-hydrogen) atoms. The van der Waals surface area contributed by atoms with Crippen LogP contribution >= 0.6 is 0 Å². The second-order valence-corrected chi connectivity index (χ2v) is 9.48. The number of hydrogen-bond donors (Lipinski definition) is 2. The van der Waals surface area contributed by atoms with Gasteiger partial charge in [0.25, 0.3) is 0 Å². The van der Waals surface area contributed by atoms with Crippen LogP contribution in [-0.4, -0.2) is 72.0 Å². The Balaban J connectivity index is 1.63. The summed E-state index contributed by atoms with van der Waals surface area (Å²) in [5.41, 5.74) is 3.47. The molecule has 0 saturated carbocycles. The molecule has 1 fully saturated rings. The summed E-state index contributed by atoms with van der Waals surface area (Å²) in [5, 5.41) is 5.64. The van der Waals surface area contributed by atoms with Gasteiger partial charge in [-0.05, 0) is 51.5 Å². The molecule has 1 atom stereocenters. The number of ether oxygens (including phenoxy) is 2. The minimum absolute atomic E-state index is 0.150. The molecule has 0 radical (unpaired) electrons. The molecule has 1 aromatic heterocycles. The van der Waals surface area contributed by atoms with Gasteiger partial charge in [-0.3, -0.25) is 0 Å². The van der Waals surface area contributed by atoms with E-state index in [1.807, 2.05) is 45.0 Å². The van der Waals surface area contributed by atoms with Crippen molar-refractivity contribution in [3.8, 4) is 11.4 Å². The van der Waals surface area contributed by atoms with Crippen LogP contribution in [0.5, 0.6) is 0 Å². The largest absolute Gasteiger partial charge is 0.447 e. The van der Waals surface area contributed by atoms with Crippen molar-refractivity contribution in [2.45, 2.75) is 59.2 Å². The lowest BCUT2D eigenvalue weighted by Gasteiger charge is -2.38. The molecular formula is C26H36N6O4. The summed E-state index contributed by atoms with van der Waals surface area (Å²) in [6, 6.07) is 7.46. The van der Waals surface area contributed by atoms with Gasteiger partial charge in [0.15, 0.2) is 5.82 Å². The lowest BCUT2D eigenvalue weighted by molar-refractivity contribution is 0.0725. The maximum atomic E-state index is 12.6. The Morgan fingerprint density at radius 2 is 1.97 bits per heavy atom. The summed E-state index contributed by atoms with van der Waals surface area (Å²) in [7, 11) is 0. The number of fused-ring (bicyclic) bond motifs is 1. The Morgan fingerprint density at radius 1 is 1.19 bits per heavy atom. The molecule has 10 heteroatoms. The summed E-state index contributed by atoms with van der Waals surface area (Å²) >= 11 is 0. The maximum Gasteiger partial charge on any atom is 0.410 e. The van der Waals surface area contributed by atoms with Gasteiger partial charge in [0.05, 0.1) is 37.6 Å². The van der Waals surface area contributed by atoms with Gasteiger partial charge in [-0.2, -0.15) is 0 Å². The van der Waals surface area contributed by atoms with Crippen LogP contribution in [0, 0.1) is 0 Å². The van der Waals surface area contributed by atoms with Crippen LogP contribution < -0.4 is 15.5 Å². The number of benzene rings is 1. The highest BCUT2D eigenvalue weighted by atomic mass is 16.6. The van der Waals surface area contributed by atoms with Crippen LogP contribution in [0.2, 0.25) is 0 Å². The highest BCUT2D eigenvalue weighted by molar-refractivity contribution is 5.89. The van der Waals surface area contributed by atoms with Gasteiger partial charge in [-0.15, -0.1) is 0 Å². The predicted octanol–water partition coefficient (Wildman–Crippen LogP) is 3.80. The lowest BCUT2D eigenvalue weighted by Crippen LogP contribution is -2.46. The second-order valence-electron chi connectivity index (χ2n) is 9.48. The van der Waals surface area contributed by atoms with Gasteiger partial charge in [-0.25, -0.2) is 19.6 Å². The molecule has 0 spiro atoms. The van der Waals surface area contributed by atoms with Crippen LogP contribution in [0.3, 0.4) is 0 Å². The average molecular weight is 497 g/mol. The monoisotopic (exact) mass is 496 g/mol. The summed E-state index contributed by atoms with van der Waals surface area (Å²) in [6.45, 7) is 11.4. The molecule has 0 bridgehead atoms. The minimum Gasteiger partial charge on any atom is -0.447 e. The Kier molecular flexibility index (Phi) is 8.25. The Labute approximate surface area is 212 Å². The summed E-state index contributed by atoms with van der Waals surface area (Å²) in [4.78, 5) is 38.5. The van der Waals surface area contributed by atoms with Gasteiger partial charge >= 0.3 is 12.1 Å². The normalized spacial score (nSPS) is 17.5. The molecule has 1 saturated heterocycles. The molecule has 3 amide bonds. The van der Waals surface area contributed by atoms with Crippen LogP contribution in [0.25, 0.3) is 11.4 Å². The van der Waals surface area contributed by atoms with Crippen molar-refractivity contribution in [1.82, 2.24) is 20.2 Å². The van der Waals surface area contributed by atoms with Crippen molar-refractivity contribution >= 4 is 23.6 Å². The van der Waals surface area contributed by atoms with Gasteiger partial charge in [0.2, 0.25) is 0 Å². The molecule has 1 aromatic carbocycles. The number of rotatable bonds is 6. The summed E-state index contributed by atoms with van der Waals surface area (Å²) in [6.07, 6.45) is 1.02. The molecule has 2 aliphatic heterocycles. The molecule has 2 aliphatic rings. The number of hydrogen-bond acceptors (Lipinski definition) is 7. The summed E-state index contributed by atoms with van der Waals surface area (Å²) in [5.74, 6) is 1.47. The fourth-order valence-electron chi connectivity index (χ4n) is 4.35. The molecule has 2 aromatic rings. The SMILES string of the molecule is CCCNC(=O)Nc1ccc(-c2nc3c(c(N4CCOC[C@@H]4C)n2)CN(C(=O)OC(C)C)CC3)cc1. The third-order valence-corrected chi connectivity index (χ3v) is 6.21. The number of nitrogens with zero attached hydrogens (tertiary/aromatic N) is 4. The zero-order valence-electron chi connectivity index (χ0n) is 21.5. The first kappa shape index (κ1) is 25.7. The Bertz CT molecular complexity index is 1070. The van der Waals surface area contributed by atoms with Crippen LogP contribution in [0.1, 0.15) is 45.4 Å². The number of amides is 3. The molecule has 4 rings (SSSR count). The first-order valence-electron chi connectivity index (χ1n) is 12.7. The van der Waals surface area contributed by atoms with Gasteiger partial charge in [0, 0.05) is 42.9 Å². The molecule has 194 valence electrons. The highest BCUT2D eigenvalue weighted by Crippen LogP contribution is 2.32. The fourth-order valence-corrected chi connectivity index (χ4v) is 4.35. The molecule has 2 N–H and O–H groups in total. The third kappa shape index (κ3) is 6.04. The number of aromatic nitrogens is 2. The second kappa shape index (κ2) is 11.6. The van der Waals surface area contributed by atoms with Gasteiger partial charge < -0.3 is 29.9 Å². The minimum atomic E-state index is -0.313. The van der Waals surface area contributed by atoms with E-state index in [-0.39, 0.29) is 24.3 Å². The van der Waals surface area contributed by atoms with E-state index >= 15 is 0 Å². The smallest absolute Gasteiger partial charge is 0.410 e. The van der Waals surface area contributed by atoms with E-state index in [4.69, 9.17) is 19.4 Å². The molecule has 10 nitrogen and oxygen atoms in total. The van der Waals surface area contributed by atoms with E-state index in [9.17, 15) is 9.59 Å². The van der Waals surface area contributed by atoms with Gasteiger partial charge in [0.1, 0.15) is 5.82 Å².